The van der Waals surface area contributed by atoms with Gasteiger partial charge >= 0.3 is 0 Å². The zero-order valence-corrected chi connectivity index (χ0v) is 21.1. The minimum atomic E-state index is 0.911. The second-order valence-corrected chi connectivity index (χ2v) is 10.5. The fraction of sp³-hybridized carbons (Fsp3) is 0. The van der Waals surface area contributed by atoms with Crippen molar-refractivity contribution >= 4 is 53.9 Å². The van der Waals surface area contributed by atoms with Gasteiger partial charge in [0, 0.05) is 10.9 Å². The number of benzene rings is 8. The zero-order chi connectivity index (χ0) is 25.5. The van der Waals surface area contributed by atoms with Crippen LogP contribution in [-0.2, 0) is 0 Å². The van der Waals surface area contributed by atoms with E-state index in [-0.39, 0.29) is 0 Å². The summed E-state index contributed by atoms with van der Waals surface area (Å²) in [4.78, 5) is 0. The molecule has 0 saturated heterocycles. The van der Waals surface area contributed by atoms with Crippen LogP contribution in [0.25, 0.3) is 76.1 Å². The van der Waals surface area contributed by atoms with Crippen LogP contribution in [-0.4, -0.2) is 0 Å². The standard InChI is InChI=1S/C38H22O/c1-2-10-24-18-32-26(17-23(24)9-1)19-33(30-14-6-5-13-29(30)32)27-20-34-28-12-4-3-11-25(28)22-37-38(34)35(21-27)31-15-7-8-16-36(31)39-37/h1-22H. The Morgan fingerprint density at radius 3 is 1.90 bits per heavy atom. The van der Waals surface area contributed by atoms with Crippen LogP contribution >= 0.6 is 0 Å². The van der Waals surface area contributed by atoms with Crippen molar-refractivity contribution in [3.8, 4) is 33.8 Å². The molecule has 1 heterocycles. The first-order valence-corrected chi connectivity index (χ1v) is 13.4. The molecule has 1 aliphatic heterocycles. The highest BCUT2D eigenvalue weighted by Crippen LogP contribution is 2.50. The van der Waals surface area contributed by atoms with Crippen molar-refractivity contribution in [2.24, 2.45) is 0 Å². The quantitative estimate of drug-likeness (QED) is 0.163. The first-order valence-electron chi connectivity index (χ1n) is 13.4. The SMILES string of the molecule is c1ccc2c(c1)Oc1cc3ccccc3c3cc(-c4cc5cc6ccccc6cc5c5ccccc45)cc-2c13. The number of rotatable bonds is 1. The van der Waals surface area contributed by atoms with Gasteiger partial charge in [0.25, 0.3) is 0 Å². The third-order valence-electron chi connectivity index (χ3n) is 8.36. The Balaban J connectivity index is 1.45. The summed E-state index contributed by atoms with van der Waals surface area (Å²) < 4.78 is 6.47. The van der Waals surface area contributed by atoms with Crippen molar-refractivity contribution < 1.29 is 4.74 Å². The molecule has 1 aliphatic rings. The van der Waals surface area contributed by atoms with Crippen molar-refractivity contribution in [2.75, 3.05) is 0 Å². The molecule has 39 heavy (non-hydrogen) atoms. The highest BCUT2D eigenvalue weighted by molar-refractivity contribution is 6.21. The summed E-state index contributed by atoms with van der Waals surface area (Å²) in [6.07, 6.45) is 0. The summed E-state index contributed by atoms with van der Waals surface area (Å²) in [7, 11) is 0. The fourth-order valence-electron chi connectivity index (χ4n) is 6.58. The number of hydrogen-bond acceptors (Lipinski definition) is 1. The van der Waals surface area contributed by atoms with Gasteiger partial charge in [-0.15, -0.1) is 0 Å². The van der Waals surface area contributed by atoms with E-state index < -0.39 is 0 Å². The Bertz CT molecular complexity index is 2310. The third-order valence-corrected chi connectivity index (χ3v) is 8.36. The maximum Gasteiger partial charge on any atom is 0.136 e. The lowest BCUT2D eigenvalue weighted by molar-refractivity contribution is 0.487. The van der Waals surface area contributed by atoms with Gasteiger partial charge in [-0.3, -0.25) is 0 Å². The molecule has 0 radical (unpaired) electrons. The van der Waals surface area contributed by atoms with Crippen molar-refractivity contribution in [1.82, 2.24) is 0 Å². The Hall–Kier alpha value is -5.14. The van der Waals surface area contributed by atoms with E-state index in [1.807, 2.05) is 6.07 Å². The first kappa shape index (κ1) is 20.9. The predicted molar refractivity (Wildman–Crippen MR) is 165 cm³/mol. The minimum absolute atomic E-state index is 0.911. The Labute approximate surface area is 225 Å². The molecule has 0 saturated carbocycles. The molecular formula is C38H22O. The lowest BCUT2D eigenvalue weighted by atomic mass is 9.86. The number of fused-ring (bicyclic) bond motifs is 8. The van der Waals surface area contributed by atoms with Crippen molar-refractivity contribution in [1.29, 1.82) is 0 Å². The number of ether oxygens (including phenoxy) is 1. The van der Waals surface area contributed by atoms with Crippen LogP contribution in [0.5, 0.6) is 11.5 Å². The molecule has 0 atom stereocenters. The molecule has 1 nitrogen and oxygen atoms in total. The Kier molecular flexibility index (Phi) is 4.11. The molecule has 0 bridgehead atoms. The van der Waals surface area contributed by atoms with Crippen LogP contribution in [0.15, 0.2) is 133 Å². The summed E-state index contributed by atoms with van der Waals surface area (Å²) in [5, 5.41) is 12.5. The fourth-order valence-corrected chi connectivity index (χ4v) is 6.58. The summed E-state index contributed by atoms with van der Waals surface area (Å²) in [5.41, 5.74) is 4.85. The van der Waals surface area contributed by atoms with Crippen LogP contribution < -0.4 is 4.74 Å². The molecule has 180 valence electrons. The van der Waals surface area contributed by atoms with Crippen LogP contribution in [0.3, 0.4) is 0 Å². The van der Waals surface area contributed by atoms with Gasteiger partial charge < -0.3 is 4.74 Å². The molecule has 0 unspecified atom stereocenters. The van der Waals surface area contributed by atoms with Gasteiger partial charge in [-0.05, 0) is 108 Å². The maximum absolute atomic E-state index is 6.47. The van der Waals surface area contributed by atoms with Crippen LogP contribution in [0.1, 0.15) is 0 Å². The van der Waals surface area contributed by atoms with Gasteiger partial charge in [0.05, 0.1) is 0 Å². The Morgan fingerprint density at radius 1 is 0.333 bits per heavy atom. The van der Waals surface area contributed by atoms with E-state index >= 15 is 0 Å². The smallest absolute Gasteiger partial charge is 0.136 e. The average molecular weight is 495 g/mol. The average Bonchev–Trinajstić information content (AvgIpc) is 2.99. The lowest BCUT2D eigenvalue weighted by Crippen LogP contribution is -1.98. The predicted octanol–water partition coefficient (Wildman–Crippen LogP) is 10.9. The summed E-state index contributed by atoms with van der Waals surface area (Å²) in [5.74, 6) is 1.84. The second kappa shape index (κ2) is 7.69. The largest absolute Gasteiger partial charge is 0.456 e. The van der Waals surface area contributed by atoms with Crippen LogP contribution in [0.4, 0.5) is 0 Å². The van der Waals surface area contributed by atoms with Gasteiger partial charge in [-0.1, -0.05) is 91.0 Å². The van der Waals surface area contributed by atoms with Crippen molar-refractivity contribution in [3.63, 3.8) is 0 Å². The van der Waals surface area contributed by atoms with E-state index in [0.29, 0.717) is 0 Å². The number of hydrogen-bond donors (Lipinski definition) is 0. The van der Waals surface area contributed by atoms with E-state index in [1.54, 1.807) is 0 Å². The van der Waals surface area contributed by atoms with E-state index in [4.69, 9.17) is 4.74 Å². The third kappa shape index (κ3) is 2.96. The summed E-state index contributed by atoms with van der Waals surface area (Å²) in [6, 6.07) is 48.5. The minimum Gasteiger partial charge on any atom is -0.456 e. The van der Waals surface area contributed by atoms with Crippen LogP contribution in [0.2, 0.25) is 0 Å². The molecular weight excluding hydrogens is 472 g/mol. The molecule has 0 N–H and O–H groups in total. The second-order valence-electron chi connectivity index (χ2n) is 10.5. The van der Waals surface area contributed by atoms with Gasteiger partial charge in [0.15, 0.2) is 0 Å². The van der Waals surface area contributed by atoms with Crippen molar-refractivity contribution in [3.05, 3.63) is 133 Å². The van der Waals surface area contributed by atoms with Gasteiger partial charge in [-0.2, -0.15) is 0 Å². The molecule has 0 spiro atoms. The van der Waals surface area contributed by atoms with E-state index in [1.165, 1.54) is 70.6 Å². The molecule has 0 fully saturated rings. The monoisotopic (exact) mass is 494 g/mol. The topological polar surface area (TPSA) is 9.23 Å². The molecule has 8 aromatic rings. The molecule has 0 amide bonds. The van der Waals surface area contributed by atoms with Crippen LogP contribution in [0, 0.1) is 0 Å². The summed E-state index contributed by atoms with van der Waals surface area (Å²) in [6.45, 7) is 0. The van der Waals surface area contributed by atoms with E-state index in [9.17, 15) is 0 Å². The first-order chi connectivity index (χ1) is 19.3. The molecule has 0 aromatic heterocycles. The van der Waals surface area contributed by atoms with Gasteiger partial charge in [-0.25, -0.2) is 0 Å². The normalized spacial score (nSPS) is 12.3. The highest BCUT2D eigenvalue weighted by atomic mass is 16.5. The number of para-hydroxylation sites is 1. The molecule has 1 heteroatoms. The molecule has 8 aromatic carbocycles. The Morgan fingerprint density at radius 2 is 1.03 bits per heavy atom. The van der Waals surface area contributed by atoms with Gasteiger partial charge in [0.1, 0.15) is 11.5 Å². The summed E-state index contributed by atoms with van der Waals surface area (Å²) >= 11 is 0. The van der Waals surface area contributed by atoms with Gasteiger partial charge in [0.2, 0.25) is 0 Å². The highest BCUT2D eigenvalue weighted by Gasteiger charge is 2.23. The molecule has 0 aliphatic carbocycles. The molecule has 9 rings (SSSR count). The maximum atomic E-state index is 6.47. The van der Waals surface area contributed by atoms with E-state index in [2.05, 4.69) is 127 Å². The lowest BCUT2D eigenvalue weighted by Gasteiger charge is -2.24. The van der Waals surface area contributed by atoms with Crippen molar-refractivity contribution in [2.45, 2.75) is 0 Å². The zero-order valence-electron chi connectivity index (χ0n) is 21.1. The van der Waals surface area contributed by atoms with E-state index in [0.717, 1.165) is 17.1 Å².